The molecule has 2 N–H and O–H groups in total. The molecule has 1 saturated heterocycles. The molecule has 1 aliphatic rings. The van der Waals surface area contributed by atoms with E-state index in [0.29, 0.717) is 37.3 Å². The fourth-order valence-corrected chi connectivity index (χ4v) is 2.36. The number of anilines is 2. The topological polar surface area (TPSA) is 102 Å². The number of rotatable bonds is 6. The molecular formula is C13H21N5O3. The standard InChI is InChI=1S/C13H21N5O3/c1-3-14-13-16-9(2)11(18(19)20)12(17-13)15-7-10-5-4-6-21-8-10/h10H,3-8H2,1-2H3,(H2,14,15,16,17). The molecule has 1 fully saturated rings. The lowest BCUT2D eigenvalue weighted by molar-refractivity contribution is -0.385. The molecule has 1 atom stereocenters. The first-order valence-corrected chi connectivity index (χ1v) is 7.20. The van der Waals surface area contributed by atoms with Crippen LogP contribution < -0.4 is 10.6 Å². The van der Waals surface area contributed by atoms with Gasteiger partial charge in [-0.15, -0.1) is 0 Å². The molecule has 0 amide bonds. The van der Waals surface area contributed by atoms with E-state index in [0.717, 1.165) is 19.4 Å². The van der Waals surface area contributed by atoms with Gasteiger partial charge in [0.05, 0.1) is 11.5 Å². The van der Waals surface area contributed by atoms with Gasteiger partial charge >= 0.3 is 5.69 Å². The van der Waals surface area contributed by atoms with Crippen molar-refractivity contribution >= 4 is 17.5 Å². The molecule has 1 aromatic heterocycles. The Morgan fingerprint density at radius 3 is 2.86 bits per heavy atom. The lowest BCUT2D eigenvalue weighted by Gasteiger charge is -2.22. The van der Waals surface area contributed by atoms with E-state index < -0.39 is 4.92 Å². The summed E-state index contributed by atoms with van der Waals surface area (Å²) in [4.78, 5) is 19.1. The van der Waals surface area contributed by atoms with Crippen LogP contribution in [0.4, 0.5) is 17.5 Å². The molecule has 1 aromatic rings. The van der Waals surface area contributed by atoms with E-state index in [9.17, 15) is 10.1 Å². The Morgan fingerprint density at radius 1 is 1.43 bits per heavy atom. The van der Waals surface area contributed by atoms with Crippen molar-refractivity contribution < 1.29 is 9.66 Å². The van der Waals surface area contributed by atoms with Gasteiger partial charge in [0.15, 0.2) is 0 Å². The summed E-state index contributed by atoms with van der Waals surface area (Å²) in [5.74, 6) is 1.04. The number of nitrogens with zero attached hydrogens (tertiary/aromatic N) is 3. The predicted octanol–water partition coefficient (Wildman–Crippen LogP) is 1.96. The third kappa shape index (κ3) is 4.01. The van der Waals surface area contributed by atoms with Gasteiger partial charge in [-0.3, -0.25) is 10.1 Å². The first kappa shape index (κ1) is 15.4. The first-order chi connectivity index (χ1) is 10.1. The zero-order valence-corrected chi connectivity index (χ0v) is 12.4. The smallest absolute Gasteiger partial charge is 0.332 e. The molecule has 0 saturated carbocycles. The van der Waals surface area contributed by atoms with Gasteiger partial charge in [0.25, 0.3) is 0 Å². The van der Waals surface area contributed by atoms with Crippen LogP contribution in [0.2, 0.25) is 0 Å². The number of hydrogen-bond donors (Lipinski definition) is 2. The molecule has 8 nitrogen and oxygen atoms in total. The quantitative estimate of drug-likeness (QED) is 0.611. The lowest BCUT2D eigenvalue weighted by atomic mass is 10.0. The Morgan fingerprint density at radius 2 is 2.24 bits per heavy atom. The Bertz CT molecular complexity index is 503. The van der Waals surface area contributed by atoms with Gasteiger partial charge in [0, 0.05) is 19.7 Å². The summed E-state index contributed by atoms with van der Waals surface area (Å²) in [6, 6.07) is 0. The van der Waals surface area contributed by atoms with E-state index in [1.165, 1.54) is 0 Å². The van der Waals surface area contributed by atoms with Crippen molar-refractivity contribution in [2.45, 2.75) is 26.7 Å². The van der Waals surface area contributed by atoms with Crippen molar-refractivity contribution in [1.82, 2.24) is 9.97 Å². The number of ether oxygens (including phenoxy) is 1. The second-order valence-electron chi connectivity index (χ2n) is 5.08. The van der Waals surface area contributed by atoms with Crippen LogP contribution in [0.1, 0.15) is 25.5 Å². The Balaban J connectivity index is 2.15. The number of nitro groups is 1. The molecule has 0 spiro atoms. The average molecular weight is 295 g/mol. The largest absolute Gasteiger partial charge is 0.381 e. The van der Waals surface area contributed by atoms with E-state index in [4.69, 9.17) is 4.74 Å². The van der Waals surface area contributed by atoms with Crippen molar-refractivity contribution in [3.05, 3.63) is 15.8 Å². The monoisotopic (exact) mass is 295 g/mol. The minimum Gasteiger partial charge on any atom is -0.381 e. The van der Waals surface area contributed by atoms with Crippen molar-refractivity contribution in [2.24, 2.45) is 5.92 Å². The van der Waals surface area contributed by atoms with Crippen molar-refractivity contribution in [2.75, 3.05) is 36.9 Å². The summed E-state index contributed by atoms with van der Waals surface area (Å²) in [5, 5.41) is 17.3. The highest BCUT2D eigenvalue weighted by molar-refractivity contribution is 5.60. The van der Waals surface area contributed by atoms with Gasteiger partial charge in [-0.25, -0.2) is 4.98 Å². The first-order valence-electron chi connectivity index (χ1n) is 7.20. The van der Waals surface area contributed by atoms with Crippen LogP contribution >= 0.6 is 0 Å². The van der Waals surface area contributed by atoms with E-state index in [1.807, 2.05) is 6.92 Å². The maximum atomic E-state index is 11.2. The molecule has 21 heavy (non-hydrogen) atoms. The van der Waals surface area contributed by atoms with Gasteiger partial charge in [0.1, 0.15) is 5.69 Å². The number of aromatic nitrogens is 2. The summed E-state index contributed by atoms with van der Waals surface area (Å²) >= 11 is 0. The Kier molecular flexibility index (Phi) is 5.26. The highest BCUT2D eigenvalue weighted by Crippen LogP contribution is 2.27. The molecule has 8 heteroatoms. The molecular weight excluding hydrogens is 274 g/mol. The predicted molar refractivity (Wildman–Crippen MR) is 79.6 cm³/mol. The van der Waals surface area contributed by atoms with Crippen LogP contribution in [0.25, 0.3) is 0 Å². The minimum absolute atomic E-state index is 0.0617. The highest BCUT2D eigenvalue weighted by atomic mass is 16.6. The van der Waals surface area contributed by atoms with Crippen LogP contribution in [-0.2, 0) is 4.74 Å². The number of aryl methyl sites for hydroxylation is 1. The molecule has 0 bridgehead atoms. The van der Waals surface area contributed by atoms with Crippen LogP contribution in [0.3, 0.4) is 0 Å². The second kappa shape index (κ2) is 7.16. The van der Waals surface area contributed by atoms with Gasteiger partial charge in [-0.05, 0) is 32.6 Å². The maximum absolute atomic E-state index is 11.2. The zero-order valence-electron chi connectivity index (χ0n) is 12.4. The SMILES string of the molecule is CCNc1nc(C)c([N+](=O)[O-])c(NCC2CCCOC2)n1. The molecule has 2 rings (SSSR count). The third-order valence-electron chi connectivity index (χ3n) is 3.39. The second-order valence-corrected chi connectivity index (χ2v) is 5.08. The summed E-state index contributed by atoms with van der Waals surface area (Å²) in [6.07, 6.45) is 2.09. The number of nitrogens with one attached hydrogen (secondary N) is 2. The van der Waals surface area contributed by atoms with Crippen LogP contribution in [0, 0.1) is 23.0 Å². The Labute approximate surface area is 123 Å². The molecule has 116 valence electrons. The summed E-state index contributed by atoms with van der Waals surface area (Å²) in [6.45, 7) is 6.30. The van der Waals surface area contributed by atoms with Crippen molar-refractivity contribution in [1.29, 1.82) is 0 Å². The van der Waals surface area contributed by atoms with E-state index in [1.54, 1.807) is 6.92 Å². The van der Waals surface area contributed by atoms with Gasteiger partial charge in [-0.2, -0.15) is 4.98 Å². The third-order valence-corrected chi connectivity index (χ3v) is 3.39. The summed E-state index contributed by atoms with van der Waals surface area (Å²) < 4.78 is 5.42. The highest BCUT2D eigenvalue weighted by Gasteiger charge is 2.23. The fraction of sp³-hybridized carbons (Fsp3) is 0.692. The fourth-order valence-electron chi connectivity index (χ4n) is 2.36. The van der Waals surface area contributed by atoms with E-state index >= 15 is 0 Å². The van der Waals surface area contributed by atoms with Gasteiger partial charge in [-0.1, -0.05) is 0 Å². The minimum atomic E-state index is -0.440. The zero-order chi connectivity index (χ0) is 15.2. The van der Waals surface area contributed by atoms with E-state index in [2.05, 4.69) is 20.6 Å². The maximum Gasteiger partial charge on any atom is 0.332 e. The molecule has 0 radical (unpaired) electrons. The summed E-state index contributed by atoms with van der Waals surface area (Å²) in [5.41, 5.74) is 0.293. The van der Waals surface area contributed by atoms with Crippen LogP contribution in [0.5, 0.6) is 0 Å². The van der Waals surface area contributed by atoms with Gasteiger partial charge < -0.3 is 15.4 Å². The van der Waals surface area contributed by atoms with Crippen LogP contribution in [0.15, 0.2) is 0 Å². The molecule has 2 heterocycles. The summed E-state index contributed by atoms with van der Waals surface area (Å²) in [7, 11) is 0. The molecule has 1 unspecified atom stereocenters. The van der Waals surface area contributed by atoms with Gasteiger partial charge in [0.2, 0.25) is 11.8 Å². The number of hydrogen-bond acceptors (Lipinski definition) is 7. The van der Waals surface area contributed by atoms with Crippen LogP contribution in [-0.4, -0.2) is 41.2 Å². The molecule has 0 aliphatic carbocycles. The van der Waals surface area contributed by atoms with Crippen molar-refractivity contribution in [3.63, 3.8) is 0 Å². The lowest BCUT2D eigenvalue weighted by Crippen LogP contribution is -2.25. The van der Waals surface area contributed by atoms with Crippen molar-refractivity contribution in [3.8, 4) is 0 Å². The average Bonchev–Trinajstić information content (AvgIpc) is 2.45. The molecule has 1 aliphatic heterocycles. The Hall–Kier alpha value is -1.96. The molecule has 0 aromatic carbocycles. The van der Waals surface area contributed by atoms with E-state index in [-0.39, 0.29) is 11.5 Å². The normalized spacial score (nSPS) is 18.3.